The number of fused-ring (bicyclic) bond motifs is 1. The number of nitrogens with one attached hydrogen (secondary N) is 3. The standard InChI is InChI=1S/C24H27N4O3/c1-15(2)10-22(30)21-9-8-17-6-4-5-7-20(17)23(21)27-16(3)24(31)28-19(13-29)11-18-12-25-14-26-18/h4-9,12,14-16,19,27H,10-11H2,1-3H3,(H,25,26)(H,28,31). The number of hydrogen-bond donors (Lipinski definition) is 3. The fourth-order valence-corrected chi connectivity index (χ4v) is 3.45. The average Bonchev–Trinajstić information content (AvgIpc) is 3.25. The van der Waals surface area contributed by atoms with Crippen molar-refractivity contribution in [1.29, 1.82) is 0 Å². The molecule has 161 valence electrons. The summed E-state index contributed by atoms with van der Waals surface area (Å²) < 4.78 is 0. The van der Waals surface area contributed by atoms with Gasteiger partial charge in [0.15, 0.2) is 5.78 Å². The largest absolute Gasteiger partial charge is 0.373 e. The van der Waals surface area contributed by atoms with E-state index >= 15 is 0 Å². The van der Waals surface area contributed by atoms with E-state index in [2.05, 4.69) is 20.6 Å². The lowest BCUT2D eigenvalue weighted by Gasteiger charge is -2.21. The second-order valence-corrected chi connectivity index (χ2v) is 8.04. The van der Waals surface area contributed by atoms with Crippen LogP contribution < -0.4 is 10.6 Å². The fourth-order valence-electron chi connectivity index (χ4n) is 3.45. The van der Waals surface area contributed by atoms with Gasteiger partial charge in [0.25, 0.3) is 0 Å². The van der Waals surface area contributed by atoms with Crippen LogP contribution in [0.5, 0.6) is 0 Å². The van der Waals surface area contributed by atoms with E-state index in [0.717, 1.165) is 10.8 Å². The second-order valence-electron chi connectivity index (χ2n) is 8.04. The molecule has 1 amide bonds. The Bertz CT molecular complexity index is 1060. The highest BCUT2D eigenvalue weighted by molar-refractivity contribution is 6.10. The van der Waals surface area contributed by atoms with Gasteiger partial charge in [-0.05, 0) is 24.3 Å². The van der Waals surface area contributed by atoms with Crippen LogP contribution in [0.1, 0.15) is 43.2 Å². The van der Waals surface area contributed by atoms with Crippen LogP contribution in [0.25, 0.3) is 10.8 Å². The Morgan fingerprint density at radius 2 is 1.90 bits per heavy atom. The van der Waals surface area contributed by atoms with E-state index in [0.29, 0.717) is 23.4 Å². The highest BCUT2D eigenvalue weighted by Gasteiger charge is 2.22. The molecule has 0 saturated heterocycles. The number of amides is 1. The summed E-state index contributed by atoms with van der Waals surface area (Å²) in [6.07, 6.45) is 5.70. The van der Waals surface area contributed by atoms with Crippen molar-refractivity contribution in [3.8, 4) is 0 Å². The quantitative estimate of drug-likeness (QED) is 0.437. The molecule has 0 saturated carbocycles. The number of aromatic amines is 1. The molecule has 0 aliphatic rings. The molecule has 2 unspecified atom stereocenters. The number of Topliss-reactive ketones (excluding diaryl/α,β-unsaturated/α-hetero) is 1. The highest BCUT2D eigenvalue weighted by atomic mass is 16.2. The molecule has 1 heterocycles. The lowest BCUT2D eigenvalue weighted by Crippen LogP contribution is -2.45. The Labute approximate surface area is 181 Å². The number of aromatic nitrogens is 2. The third kappa shape index (κ3) is 5.57. The van der Waals surface area contributed by atoms with Gasteiger partial charge in [-0.25, -0.2) is 4.98 Å². The minimum absolute atomic E-state index is 0.0218. The molecule has 3 rings (SSSR count). The van der Waals surface area contributed by atoms with Crippen LogP contribution in [0.3, 0.4) is 0 Å². The lowest BCUT2D eigenvalue weighted by atomic mass is 9.96. The molecule has 0 bridgehead atoms. The van der Waals surface area contributed by atoms with Crippen LogP contribution in [-0.2, 0) is 16.0 Å². The molecule has 1 radical (unpaired) electrons. The third-order valence-electron chi connectivity index (χ3n) is 5.00. The molecule has 0 spiro atoms. The van der Waals surface area contributed by atoms with Gasteiger partial charge in [-0.1, -0.05) is 44.2 Å². The maximum atomic E-state index is 12.9. The average molecular weight is 420 g/mol. The maximum Gasteiger partial charge on any atom is 0.242 e. The van der Waals surface area contributed by atoms with Crippen molar-refractivity contribution in [3.63, 3.8) is 0 Å². The minimum Gasteiger partial charge on any atom is -0.373 e. The van der Waals surface area contributed by atoms with Gasteiger partial charge < -0.3 is 15.6 Å². The number of carbonyl (C=O) groups excluding carboxylic acids is 3. The Kier molecular flexibility index (Phi) is 7.18. The monoisotopic (exact) mass is 419 g/mol. The van der Waals surface area contributed by atoms with Crippen LogP contribution in [-0.4, -0.2) is 40.0 Å². The number of H-pyrrole nitrogens is 1. The first-order chi connectivity index (χ1) is 14.9. The second kappa shape index (κ2) is 10.0. The van der Waals surface area contributed by atoms with Crippen molar-refractivity contribution >= 4 is 34.4 Å². The Morgan fingerprint density at radius 3 is 2.58 bits per heavy atom. The highest BCUT2D eigenvalue weighted by Crippen LogP contribution is 2.30. The molecule has 3 aromatic rings. The molecular weight excluding hydrogens is 392 g/mol. The van der Waals surface area contributed by atoms with Crippen molar-refractivity contribution in [2.45, 2.75) is 45.7 Å². The number of ketones is 1. The number of carbonyl (C=O) groups is 2. The number of rotatable bonds is 10. The Hall–Kier alpha value is -3.48. The number of hydrogen-bond acceptors (Lipinski definition) is 5. The molecule has 0 aliphatic heterocycles. The summed E-state index contributed by atoms with van der Waals surface area (Å²) in [7, 11) is 0. The molecule has 0 aliphatic carbocycles. The third-order valence-corrected chi connectivity index (χ3v) is 5.00. The summed E-state index contributed by atoms with van der Waals surface area (Å²) in [4.78, 5) is 43.9. The van der Waals surface area contributed by atoms with Crippen molar-refractivity contribution in [2.75, 3.05) is 5.32 Å². The van der Waals surface area contributed by atoms with Crippen LogP contribution in [0.4, 0.5) is 5.69 Å². The number of benzene rings is 2. The normalized spacial score (nSPS) is 13.0. The van der Waals surface area contributed by atoms with E-state index < -0.39 is 12.1 Å². The SMILES string of the molecule is CC(C)CC(=O)c1ccc2ccccc2c1NC(C)C(=O)NC([C]=O)Cc1c[nH]cn1. The first kappa shape index (κ1) is 22.2. The van der Waals surface area contributed by atoms with E-state index in [1.807, 2.05) is 50.5 Å². The Balaban J connectivity index is 1.82. The van der Waals surface area contributed by atoms with Gasteiger partial charge in [-0.3, -0.25) is 14.4 Å². The van der Waals surface area contributed by atoms with E-state index in [-0.39, 0.29) is 24.0 Å². The van der Waals surface area contributed by atoms with Crippen LogP contribution in [0.2, 0.25) is 0 Å². The summed E-state index contributed by atoms with van der Waals surface area (Å²) in [6, 6.07) is 9.95. The maximum absolute atomic E-state index is 12.9. The summed E-state index contributed by atoms with van der Waals surface area (Å²) in [6.45, 7) is 5.69. The van der Waals surface area contributed by atoms with Gasteiger partial charge in [0.2, 0.25) is 12.2 Å². The molecule has 3 N–H and O–H groups in total. The summed E-state index contributed by atoms with van der Waals surface area (Å²) in [5, 5.41) is 7.74. The summed E-state index contributed by atoms with van der Waals surface area (Å²) in [5.41, 5.74) is 1.84. The lowest BCUT2D eigenvalue weighted by molar-refractivity contribution is -0.121. The molecule has 2 atom stereocenters. The van der Waals surface area contributed by atoms with Crippen molar-refractivity contribution in [2.24, 2.45) is 5.92 Å². The van der Waals surface area contributed by atoms with E-state index in [1.165, 1.54) is 6.33 Å². The molecule has 7 heteroatoms. The topological polar surface area (TPSA) is 104 Å². The van der Waals surface area contributed by atoms with Crippen LogP contribution in [0.15, 0.2) is 48.9 Å². The van der Waals surface area contributed by atoms with Gasteiger partial charge in [0.05, 0.1) is 17.7 Å². The molecule has 0 fully saturated rings. The first-order valence-electron chi connectivity index (χ1n) is 10.4. The zero-order chi connectivity index (χ0) is 22.4. The minimum atomic E-state index is -0.811. The summed E-state index contributed by atoms with van der Waals surface area (Å²) >= 11 is 0. The number of nitrogens with zero attached hydrogens (tertiary/aromatic N) is 1. The van der Waals surface area contributed by atoms with Crippen molar-refractivity contribution in [3.05, 3.63) is 60.2 Å². The van der Waals surface area contributed by atoms with Crippen molar-refractivity contribution < 1.29 is 14.4 Å². The van der Waals surface area contributed by atoms with Gasteiger partial charge in [-0.2, -0.15) is 0 Å². The zero-order valence-electron chi connectivity index (χ0n) is 17.9. The first-order valence-corrected chi connectivity index (χ1v) is 10.4. The van der Waals surface area contributed by atoms with Gasteiger partial charge in [-0.15, -0.1) is 0 Å². The Morgan fingerprint density at radius 1 is 1.13 bits per heavy atom. The van der Waals surface area contributed by atoms with Crippen molar-refractivity contribution in [1.82, 2.24) is 15.3 Å². The van der Waals surface area contributed by atoms with Crippen LogP contribution in [0, 0.1) is 5.92 Å². The van der Waals surface area contributed by atoms with E-state index in [9.17, 15) is 14.4 Å². The van der Waals surface area contributed by atoms with E-state index in [1.54, 1.807) is 19.2 Å². The smallest absolute Gasteiger partial charge is 0.242 e. The molecule has 1 aromatic heterocycles. The predicted octanol–water partition coefficient (Wildman–Crippen LogP) is 3.43. The molecule has 2 aromatic carbocycles. The molecule has 7 nitrogen and oxygen atoms in total. The fraction of sp³-hybridized carbons (Fsp3) is 0.333. The molecule has 31 heavy (non-hydrogen) atoms. The van der Waals surface area contributed by atoms with Crippen LogP contribution >= 0.6 is 0 Å². The zero-order valence-corrected chi connectivity index (χ0v) is 17.9. The van der Waals surface area contributed by atoms with E-state index in [4.69, 9.17) is 0 Å². The number of anilines is 1. The molecular formula is C24H27N4O3. The predicted molar refractivity (Wildman–Crippen MR) is 121 cm³/mol. The van der Waals surface area contributed by atoms with Gasteiger partial charge in [0, 0.05) is 30.0 Å². The summed E-state index contributed by atoms with van der Waals surface area (Å²) in [5.74, 6) is -0.119. The van der Waals surface area contributed by atoms with Gasteiger partial charge >= 0.3 is 0 Å². The van der Waals surface area contributed by atoms with Gasteiger partial charge in [0.1, 0.15) is 12.1 Å². The number of imidazole rings is 1.